The van der Waals surface area contributed by atoms with Gasteiger partial charge < -0.3 is 20.3 Å². The van der Waals surface area contributed by atoms with Crippen LogP contribution < -0.4 is 15.5 Å². The zero-order valence-electron chi connectivity index (χ0n) is 17.2. The molecule has 0 radical (unpaired) electrons. The Morgan fingerprint density at radius 3 is 2.30 bits per heavy atom. The van der Waals surface area contributed by atoms with Gasteiger partial charge in [0.05, 0.1) is 13.2 Å². The number of hydrogen-bond donors (Lipinski definition) is 2. The zero-order chi connectivity index (χ0) is 20.9. The van der Waals surface area contributed by atoms with Gasteiger partial charge in [0.2, 0.25) is 5.95 Å². The van der Waals surface area contributed by atoms with E-state index in [0.717, 1.165) is 41.5 Å². The van der Waals surface area contributed by atoms with Crippen LogP contribution in [0.2, 0.25) is 0 Å². The fraction of sp³-hybridized carbons (Fsp3) is 0.261. The standard InChI is InChI=1S/C23H25N5O2/c1-16-3-5-18(6-4-16)22(29)26-20-9-7-19(8-10-20)25-21-15-17(2)24-23(27-21)28-11-13-30-14-12-28/h3-10,15H,11-14H2,1-2H3,(H,26,29)(H,24,25,27). The number of nitrogens with zero attached hydrogens (tertiary/aromatic N) is 3. The van der Waals surface area contributed by atoms with Gasteiger partial charge in [0.15, 0.2) is 0 Å². The summed E-state index contributed by atoms with van der Waals surface area (Å²) in [6, 6.07) is 17.0. The first-order valence-corrected chi connectivity index (χ1v) is 10.0. The Kier molecular flexibility index (Phi) is 5.90. The van der Waals surface area contributed by atoms with Crippen LogP contribution in [0.4, 0.5) is 23.1 Å². The number of carbonyl (C=O) groups excluding carboxylic acids is 1. The Morgan fingerprint density at radius 2 is 1.60 bits per heavy atom. The SMILES string of the molecule is Cc1ccc(C(=O)Nc2ccc(Nc3cc(C)nc(N4CCOCC4)n3)cc2)cc1. The van der Waals surface area contributed by atoms with E-state index in [1.165, 1.54) is 0 Å². The van der Waals surface area contributed by atoms with Crippen LogP contribution in [0.15, 0.2) is 54.6 Å². The number of morpholine rings is 1. The van der Waals surface area contributed by atoms with Crippen LogP contribution in [-0.2, 0) is 4.74 Å². The maximum absolute atomic E-state index is 12.4. The van der Waals surface area contributed by atoms with E-state index in [1.807, 2.05) is 68.4 Å². The Labute approximate surface area is 176 Å². The number of nitrogens with one attached hydrogen (secondary N) is 2. The summed E-state index contributed by atoms with van der Waals surface area (Å²) in [5.74, 6) is 1.32. The van der Waals surface area contributed by atoms with E-state index >= 15 is 0 Å². The second-order valence-corrected chi connectivity index (χ2v) is 7.32. The summed E-state index contributed by atoms with van der Waals surface area (Å²) in [5.41, 5.74) is 4.28. The lowest BCUT2D eigenvalue weighted by Crippen LogP contribution is -2.37. The monoisotopic (exact) mass is 403 g/mol. The number of amides is 1. The van der Waals surface area contributed by atoms with E-state index in [9.17, 15) is 4.79 Å². The first-order chi connectivity index (χ1) is 14.6. The van der Waals surface area contributed by atoms with Gasteiger partial charge in [0, 0.05) is 41.8 Å². The minimum Gasteiger partial charge on any atom is -0.378 e. The molecule has 7 heteroatoms. The molecule has 1 amide bonds. The minimum absolute atomic E-state index is 0.128. The van der Waals surface area contributed by atoms with Crippen molar-refractivity contribution in [3.63, 3.8) is 0 Å². The van der Waals surface area contributed by atoms with Gasteiger partial charge in [-0.05, 0) is 50.2 Å². The van der Waals surface area contributed by atoms with Gasteiger partial charge in [-0.25, -0.2) is 4.98 Å². The minimum atomic E-state index is -0.128. The van der Waals surface area contributed by atoms with Crippen molar-refractivity contribution < 1.29 is 9.53 Å². The van der Waals surface area contributed by atoms with E-state index in [2.05, 4.69) is 25.5 Å². The maximum atomic E-state index is 12.4. The average molecular weight is 403 g/mol. The van der Waals surface area contributed by atoms with E-state index in [4.69, 9.17) is 4.74 Å². The van der Waals surface area contributed by atoms with Crippen LogP contribution in [0.3, 0.4) is 0 Å². The topological polar surface area (TPSA) is 79.4 Å². The van der Waals surface area contributed by atoms with Crippen LogP contribution in [0, 0.1) is 13.8 Å². The normalized spacial score (nSPS) is 13.7. The number of rotatable bonds is 5. The molecule has 0 saturated carbocycles. The van der Waals surface area contributed by atoms with Gasteiger partial charge in [-0.3, -0.25) is 4.79 Å². The fourth-order valence-electron chi connectivity index (χ4n) is 3.21. The first-order valence-electron chi connectivity index (χ1n) is 10.0. The summed E-state index contributed by atoms with van der Waals surface area (Å²) in [6.07, 6.45) is 0. The molecule has 0 bridgehead atoms. The summed E-state index contributed by atoms with van der Waals surface area (Å²) in [7, 11) is 0. The van der Waals surface area contributed by atoms with Crippen molar-refractivity contribution in [2.45, 2.75) is 13.8 Å². The summed E-state index contributed by atoms with van der Waals surface area (Å²) >= 11 is 0. The molecule has 7 nitrogen and oxygen atoms in total. The third-order valence-electron chi connectivity index (χ3n) is 4.87. The molecule has 2 N–H and O–H groups in total. The van der Waals surface area contributed by atoms with Gasteiger partial charge in [-0.2, -0.15) is 4.98 Å². The van der Waals surface area contributed by atoms with Crippen molar-refractivity contribution in [3.8, 4) is 0 Å². The van der Waals surface area contributed by atoms with E-state index in [0.29, 0.717) is 24.7 Å². The highest BCUT2D eigenvalue weighted by Gasteiger charge is 2.15. The summed E-state index contributed by atoms with van der Waals surface area (Å²) < 4.78 is 5.41. The lowest BCUT2D eigenvalue weighted by Gasteiger charge is -2.27. The third-order valence-corrected chi connectivity index (χ3v) is 4.87. The van der Waals surface area contributed by atoms with Crippen LogP contribution in [0.1, 0.15) is 21.6 Å². The highest BCUT2D eigenvalue weighted by molar-refractivity contribution is 6.04. The molecule has 1 aliphatic rings. The van der Waals surface area contributed by atoms with Crippen LogP contribution in [0.25, 0.3) is 0 Å². The molecule has 1 fully saturated rings. The molecule has 0 unspecified atom stereocenters. The van der Waals surface area contributed by atoms with Crippen molar-refractivity contribution in [1.82, 2.24) is 9.97 Å². The van der Waals surface area contributed by atoms with Gasteiger partial charge in [-0.1, -0.05) is 17.7 Å². The average Bonchev–Trinajstić information content (AvgIpc) is 2.76. The lowest BCUT2D eigenvalue weighted by molar-refractivity contribution is 0.102. The first kappa shape index (κ1) is 19.8. The smallest absolute Gasteiger partial charge is 0.255 e. The van der Waals surface area contributed by atoms with Crippen molar-refractivity contribution in [1.29, 1.82) is 0 Å². The number of benzene rings is 2. The Morgan fingerprint density at radius 1 is 0.933 bits per heavy atom. The molecule has 1 aromatic heterocycles. The molecule has 3 aromatic rings. The number of ether oxygens (including phenoxy) is 1. The summed E-state index contributed by atoms with van der Waals surface area (Å²) in [4.78, 5) is 23.7. The lowest BCUT2D eigenvalue weighted by atomic mass is 10.1. The number of hydrogen-bond acceptors (Lipinski definition) is 6. The molecule has 30 heavy (non-hydrogen) atoms. The largest absolute Gasteiger partial charge is 0.378 e. The maximum Gasteiger partial charge on any atom is 0.255 e. The Balaban J connectivity index is 1.42. The van der Waals surface area contributed by atoms with Gasteiger partial charge >= 0.3 is 0 Å². The fourth-order valence-corrected chi connectivity index (χ4v) is 3.21. The predicted molar refractivity (Wildman–Crippen MR) is 119 cm³/mol. The molecule has 2 aromatic carbocycles. The molecule has 1 saturated heterocycles. The quantitative estimate of drug-likeness (QED) is 0.672. The second-order valence-electron chi connectivity index (χ2n) is 7.32. The van der Waals surface area contributed by atoms with Crippen LogP contribution in [0.5, 0.6) is 0 Å². The highest BCUT2D eigenvalue weighted by Crippen LogP contribution is 2.21. The summed E-state index contributed by atoms with van der Waals surface area (Å²) in [6.45, 7) is 6.92. The molecule has 1 aliphatic heterocycles. The third kappa shape index (κ3) is 4.93. The van der Waals surface area contributed by atoms with Gasteiger partial charge in [0.25, 0.3) is 5.91 Å². The molecule has 4 rings (SSSR count). The predicted octanol–water partition coefficient (Wildman–Crippen LogP) is 3.93. The van der Waals surface area contributed by atoms with E-state index < -0.39 is 0 Å². The highest BCUT2D eigenvalue weighted by atomic mass is 16.5. The Bertz CT molecular complexity index is 1010. The van der Waals surface area contributed by atoms with E-state index in [-0.39, 0.29) is 5.91 Å². The van der Waals surface area contributed by atoms with Crippen molar-refractivity contribution in [2.75, 3.05) is 41.8 Å². The molecule has 0 aliphatic carbocycles. The number of anilines is 4. The molecule has 2 heterocycles. The second kappa shape index (κ2) is 8.92. The van der Waals surface area contributed by atoms with Gasteiger partial charge in [-0.15, -0.1) is 0 Å². The van der Waals surface area contributed by atoms with Crippen LogP contribution in [-0.4, -0.2) is 42.2 Å². The molecule has 0 atom stereocenters. The van der Waals surface area contributed by atoms with E-state index in [1.54, 1.807) is 0 Å². The molecular weight excluding hydrogens is 378 g/mol. The molecule has 154 valence electrons. The Hall–Kier alpha value is -3.45. The van der Waals surface area contributed by atoms with Crippen molar-refractivity contribution in [2.24, 2.45) is 0 Å². The van der Waals surface area contributed by atoms with Crippen molar-refractivity contribution >= 4 is 29.0 Å². The van der Waals surface area contributed by atoms with Crippen molar-refractivity contribution in [3.05, 3.63) is 71.4 Å². The number of aromatic nitrogens is 2. The summed E-state index contributed by atoms with van der Waals surface area (Å²) in [5, 5.41) is 6.24. The zero-order valence-corrected chi connectivity index (χ0v) is 17.2. The number of carbonyl (C=O) groups is 1. The molecule has 0 spiro atoms. The van der Waals surface area contributed by atoms with Gasteiger partial charge in [0.1, 0.15) is 5.82 Å². The van der Waals surface area contributed by atoms with Crippen LogP contribution >= 0.6 is 0 Å². The molecular formula is C23H25N5O2. The number of aryl methyl sites for hydroxylation is 2.